The van der Waals surface area contributed by atoms with E-state index in [0.717, 1.165) is 19.6 Å². The highest BCUT2D eigenvalue weighted by Gasteiger charge is 2.35. The summed E-state index contributed by atoms with van der Waals surface area (Å²) in [6.07, 6.45) is 4.05. The maximum absolute atomic E-state index is 11.9. The fourth-order valence-corrected chi connectivity index (χ4v) is 2.76. The summed E-state index contributed by atoms with van der Waals surface area (Å²) in [6, 6.07) is 0.423. The third kappa shape index (κ3) is 2.32. The molecule has 1 aliphatic heterocycles. The van der Waals surface area contributed by atoms with Crippen molar-refractivity contribution in [2.45, 2.75) is 31.7 Å². The topological polar surface area (TPSA) is 55.6 Å². The molecule has 0 unspecified atom stereocenters. The maximum Gasteiger partial charge on any atom is 0.224 e. The van der Waals surface area contributed by atoms with Crippen LogP contribution in [0.4, 0.5) is 0 Å². The molecule has 0 aromatic rings. The van der Waals surface area contributed by atoms with Gasteiger partial charge >= 0.3 is 0 Å². The molecule has 4 heteroatoms. The number of carbonyl (C=O) groups is 1. The summed E-state index contributed by atoms with van der Waals surface area (Å²) in [4.78, 5) is 13.9. The van der Waals surface area contributed by atoms with Crippen molar-refractivity contribution in [2.24, 2.45) is 11.7 Å². The number of hydrogen-bond donors (Lipinski definition) is 1. The number of ether oxygens (including phenoxy) is 1. The zero-order chi connectivity index (χ0) is 10.7. The van der Waals surface area contributed by atoms with E-state index < -0.39 is 0 Å². The average Bonchev–Trinajstić information content (AvgIpc) is 2.58. The minimum atomic E-state index is 0.208. The third-order valence-electron chi connectivity index (χ3n) is 3.51. The number of nitrogens with two attached hydrogens (primary N) is 1. The van der Waals surface area contributed by atoms with Crippen LogP contribution < -0.4 is 5.73 Å². The van der Waals surface area contributed by atoms with Gasteiger partial charge in [0.2, 0.25) is 5.91 Å². The predicted molar refractivity (Wildman–Crippen MR) is 57.3 cm³/mol. The Balaban J connectivity index is 2.03. The Labute approximate surface area is 90.8 Å². The summed E-state index contributed by atoms with van der Waals surface area (Å²) < 4.78 is 5.54. The van der Waals surface area contributed by atoms with Gasteiger partial charge in [-0.3, -0.25) is 4.79 Å². The molecular formula is C11H20N2O2. The van der Waals surface area contributed by atoms with E-state index in [1.807, 2.05) is 4.90 Å². The van der Waals surface area contributed by atoms with E-state index in [1.165, 1.54) is 12.8 Å². The highest BCUT2D eigenvalue weighted by atomic mass is 16.5. The van der Waals surface area contributed by atoms with Crippen molar-refractivity contribution < 1.29 is 9.53 Å². The Hall–Kier alpha value is -0.610. The fourth-order valence-electron chi connectivity index (χ4n) is 2.76. The number of fused-ring (bicyclic) bond motifs is 1. The van der Waals surface area contributed by atoms with Crippen LogP contribution in [-0.2, 0) is 9.53 Å². The van der Waals surface area contributed by atoms with E-state index in [4.69, 9.17) is 10.5 Å². The first-order valence-electron chi connectivity index (χ1n) is 5.90. The highest BCUT2D eigenvalue weighted by Crippen LogP contribution is 2.31. The molecule has 2 N–H and O–H groups in total. The molecule has 2 atom stereocenters. The fraction of sp³-hybridized carbons (Fsp3) is 0.909. The minimum absolute atomic E-state index is 0.208. The smallest absolute Gasteiger partial charge is 0.224 e. The van der Waals surface area contributed by atoms with Crippen LogP contribution in [0.3, 0.4) is 0 Å². The molecule has 1 aliphatic carbocycles. The molecule has 2 aliphatic rings. The van der Waals surface area contributed by atoms with Crippen LogP contribution in [0.1, 0.15) is 25.7 Å². The third-order valence-corrected chi connectivity index (χ3v) is 3.51. The number of amides is 1. The second-order valence-corrected chi connectivity index (χ2v) is 4.46. The van der Waals surface area contributed by atoms with Gasteiger partial charge in [0.05, 0.1) is 13.2 Å². The Morgan fingerprint density at radius 2 is 2.33 bits per heavy atom. The molecule has 0 radical (unpaired) electrons. The summed E-state index contributed by atoms with van der Waals surface area (Å²) in [5.41, 5.74) is 5.43. The van der Waals surface area contributed by atoms with Crippen LogP contribution in [0.5, 0.6) is 0 Å². The van der Waals surface area contributed by atoms with Crippen molar-refractivity contribution in [1.82, 2.24) is 4.90 Å². The average molecular weight is 212 g/mol. The lowest BCUT2D eigenvalue weighted by molar-refractivity contribution is -0.133. The first-order valence-corrected chi connectivity index (χ1v) is 5.90. The van der Waals surface area contributed by atoms with Gasteiger partial charge in [0.15, 0.2) is 0 Å². The zero-order valence-corrected chi connectivity index (χ0v) is 9.15. The van der Waals surface area contributed by atoms with Crippen LogP contribution in [0.15, 0.2) is 0 Å². The van der Waals surface area contributed by atoms with Crippen molar-refractivity contribution in [1.29, 1.82) is 0 Å². The normalized spacial score (nSPS) is 31.1. The van der Waals surface area contributed by atoms with Gasteiger partial charge in [-0.15, -0.1) is 0 Å². The molecule has 1 heterocycles. The van der Waals surface area contributed by atoms with Crippen LogP contribution in [-0.4, -0.2) is 43.2 Å². The first-order chi connectivity index (χ1) is 7.33. The van der Waals surface area contributed by atoms with Gasteiger partial charge in [-0.25, -0.2) is 0 Å². The van der Waals surface area contributed by atoms with Crippen molar-refractivity contribution in [2.75, 3.05) is 26.3 Å². The molecule has 0 spiro atoms. The molecule has 2 fully saturated rings. The van der Waals surface area contributed by atoms with E-state index in [0.29, 0.717) is 31.5 Å². The zero-order valence-electron chi connectivity index (χ0n) is 9.15. The molecule has 0 aromatic carbocycles. The monoisotopic (exact) mass is 212 g/mol. The number of nitrogens with zero attached hydrogens (tertiary/aromatic N) is 1. The van der Waals surface area contributed by atoms with Crippen molar-refractivity contribution in [3.05, 3.63) is 0 Å². The Kier molecular flexibility index (Phi) is 3.59. The predicted octanol–water partition coefficient (Wildman–Crippen LogP) is 0.363. The molecular weight excluding hydrogens is 192 g/mol. The van der Waals surface area contributed by atoms with E-state index >= 15 is 0 Å². The quantitative estimate of drug-likeness (QED) is 0.719. The van der Waals surface area contributed by atoms with E-state index in [-0.39, 0.29) is 5.91 Å². The van der Waals surface area contributed by atoms with Crippen LogP contribution in [0.2, 0.25) is 0 Å². The van der Waals surface area contributed by atoms with E-state index in [2.05, 4.69) is 0 Å². The van der Waals surface area contributed by atoms with Gasteiger partial charge < -0.3 is 15.4 Å². The summed E-state index contributed by atoms with van der Waals surface area (Å²) in [5.74, 6) is 0.772. The molecule has 1 saturated heterocycles. The van der Waals surface area contributed by atoms with E-state index in [1.54, 1.807) is 0 Å². The van der Waals surface area contributed by atoms with Gasteiger partial charge in [0.25, 0.3) is 0 Å². The molecule has 0 aromatic heterocycles. The summed E-state index contributed by atoms with van der Waals surface area (Å²) >= 11 is 0. The molecule has 1 saturated carbocycles. The number of rotatable bonds is 2. The second kappa shape index (κ2) is 4.94. The van der Waals surface area contributed by atoms with Gasteiger partial charge in [-0.05, 0) is 12.8 Å². The lowest BCUT2D eigenvalue weighted by Crippen LogP contribution is -2.43. The maximum atomic E-state index is 11.9. The van der Waals surface area contributed by atoms with Crippen LogP contribution >= 0.6 is 0 Å². The summed E-state index contributed by atoms with van der Waals surface area (Å²) in [5, 5.41) is 0. The lowest BCUT2D eigenvalue weighted by atomic mass is 10.0. The Bertz CT molecular complexity index is 233. The van der Waals surface area contributed by atoms with Gasteiger partial charge in [0.1, 0.15) is 0 Å². The molecule has 4 nitrogen and oxygen atoms in total. The minimum Gasteiger partial charge on any atom is -0.379 e. The van der Waals surface area contributed by atoms with Crippen LogP contribution in [0.25, 0.3) is 0 Å². The summed E-state index contributed by atoms with van der Waals surface area (Å²) in [7, 11) is 0. The van der Waals surface area contributed by atoms with Crippen molar-refractivity contribution >= 4 is 5.91 Å². The molecule has 0 bridgehead atoms. The van der Waals surface area contributed by atoms with Gasteiger partial charge in [-0.2, -0.15) is 0 Å². The second-order valence-electron chi connectivity index (χ2n) is 4.46. The number of carbonyl (C=O) groups excluding carboxylic acids is 1. The molecule has 15 heavy (non-hydrogen) atoms. The first kappa shape index (κ1) is 10.9. The van der Waals surface area contributed by atoms with Gasteiger partial charge in [-0.1, -0.05) is 6.42 Å². The Morgan fingerprint density at radius 1 is 1.47 bits per heavy atom. The lowest BCUT2D eigenvalue weighted by Gasteiger charge is -2.29. The van der Waals surface area contributed by atoms with Gasteiger partial charge in [0, 0.05) is 31.5 Å². The van der Waals surface area contributed by atoms with Crippen molar-refractivity contribution in [3.8, 4) is 0 Å². The standard InChI is InChI=1S/C11H20N2O2/c12-5-4-11(14)13-6-7-15-8-9-2-1-3-10(9)13/h9-10H,1-8,12H2/t9-,10-/m1/s1. The largest absolute Gasteiger partial charge is 0.379 e. The summed E-state index contributed by atoms with van der Waals surface area (Å²) in [6.45, 7) is 2.72. The molecule has 1 amide bonds. The molecule has 2 rings (SSSR count). The number of hydrogen-bond acceptors (Lipinski definition) is 3. The SMILES string of the molecule is NCCC(=O)N1CCOC[C@H]2CCC[C@H]21. The van der Waals surface area contributed by atoms with Crippen LogP contribution in [0, 0.1) is 5.92 Å². The van der Waals surface area contributed by atoms with Crippen molar-refractivity contribution in [3.63, 3.8) is 0 Å². The molecule has 86 valence electrons. The van der Waals surface area contributed by atoms with E-state index in [9.17, 15) is 4.79 Å². The highest BCUT2D eigenvalue weighted by molar-refractivity contribution is 5.76. The Morgan fingerprint density at radius 3 is 3.13 bits per heavy atom.